The molecule has 0 unspecified atom stereocenters. The standard InChI is InChI=1S/C13H16N4O2/c1-17(13(18)11-7-15-16-12(11)14)8-9-3-5-10(19-2)6-4-9/h3-7H,8H2,1-2H3,(H3,14,15,16). The molecule has 0 saturated heterocycles. The topological polar surface area (TPSA) is 84.2 Å². The number of carbonyl (C=O) groups is 1. The summed E-state index contributed by atoms with van der Waals surface area (Å²) >= 11 is 0. The maximum atomic E-state index is 12.1. The smallest absolute Gasteiger partial charge is 0.259 e. The Morgan fingerprint density at radius 2 is 2.11 bits per heavy atom. The number of benzene rings is 1. The molecule has 1 aromatic heterocycles. The van der Waals surface area contributed by atoms with Crippen molar-refractivity contribution in [1.82, 2.24) is 15.1 Å². The van der Waals surface area contributed by atoms with Crippen molar-refractivity contribution in [2.45, 2.75) is 6.54 Å². The minimum Gasteiger partial charge on any atom is -0.497 e. The SMILES string of the molecule is COc1ccc(CN(C)C(=O)c2cn[nH]c2N)cc1. The van der Waals surface area contributed by atoms with Crippen LogP contribution in [0.1, 0.15) is 15.9 Å². The zero-order chi connectivity index (χ0) is 13.8. The predicted octanol–water partition coefficient (Wildman–Crippen LogP) is 1.27. The second kappa shape index (κ2) is 5.43. The van der Waals surface area contributed by atoms with E-state index in [2.05, 4.69) is 10.2 Å². The largest absolute Gasteiger partial charge is 0.497 e. The Morgan fingerprint density at radius 1 is 1.42 bits per heavy atom. The van der Waals surface area contributed by atoms with Crippen molar-refractivity contribution in [1.29, 1.82) is 0 Å². The average Bonchev–Trinajstić information content (AvgIpc) is 2.85. The van der Waals surface area contributed by atoms with Gasteiger partial charge in [-0.2, -0.15) is 5.10 Å². The number of hydrogen-bond acceptors (Lipinski definition) is 4. The summed E-state index contributed by atoms with van der Waals surface area (Å²) < 4.78 is 5.09. The molecule has 2 aromatic rings. The van der Waals surface area contributed by atoms with Gasteiger partial charge in [-0.1, -0.05) is 12.1 Å². The Morgan fingerprint density at radius 3 is 2.63 bits per heavy atom. The number of nitrogens with zero attached hydrogens (tertiary/aromatic N) is 2. The lowest BCUT2D eigenvalue weighted by Gasteiger charge is -2.16. The Bertz CT molecular complexity index is 562. The lowest BCUT2D eigenvalue weighted by Crippen LogP contribution is -2.26. The first kappa shape index (κ1) is 12.9. The molecule has 3 N–H and O–H groups in total. The zero-order valence-corrected chi connectivity index (χ0v) is 10.9. The van der Waals surface area contributed by atoms with E-state index in [9.17, 15) is 4.79 Å². The van der Waals surface area contributed by atoms with Crippen LogP contribution in [-0.4, -0.2) is 35.2 Å². The van der Waals surface area contributed by atoms with Gasteiger partial charge in [-0.3, -0.25) is 9.89 Å². The van der Waals surface area contributed by atoms with E-state index in [0.717, 1.165) is 11.3 Å². The van der Waals surface area contributed by atoms with Gasteiger partial charge in [0.1, 0.15) is 17.1 Å². The van der Waals surface area contributed by atoms with Crippen molar-refractivity contribution in [2.75, 3.05) is 19.9 Å². The van der Waals surface area contributed by atoms with Gasteiger partial charge >= 0.3 is 0 Å². The van der Waals surface area contributed by atoms with E-state index in [4.69, 9.17) is 10.5 Å². The van der Waals surface area contributed by atoms with Crippen molar-refractivity contribution in [3.8, 4) is 5.75 Å². The van der Waals surface area contributed by atoms with E-state index in [0.29, 0.717) is 12.1 Å². The molecule has 0 bridgehead atoms. The molecule has 0 radical (unpaired) electrons. The molecule has 0 saturated carbocycles. The van der Waals surface area contributed by atoms with E-state index in [-0.39, 0.29) is 11.7 Å². The first-order valence-corrected chi connectivity index (χ1v) is 5.79. The molecule has 100 valence electrons. The molecule has 1 aromatic carbocycles. The van der Waals surface area contributed by atoms with Crippen LogP contribution in [0, 0.1) is 0 Å². The number of nitrogen functional groups attached to an aromatic ring is 1. The predicted molar refractivity (Wildman–Crippen MR) is 71.8 cm³/mol. The lowest BCUT2D eigenvalue weighted by atomic mass is 10.2. The Labute approximate surface area is 111 Å². The molecule has 0 aliphatic carbocycles. The van der Waals surface area contributed by atoms with Crippen molar-refractivity contribution < 1.29 is 9.53 Å². The van der Waals surface area contributed by atoms with Gasteiger partial charge in [-0.25, -0.2) is 0 Å². The molecule has 0 aliphatic heterocycles. The van der Waals surface area contributed by atoms with Crippen LogP contribution in [0.15, 0.2) is 30.5 Å². The first-order valence-electron chi connectivity index (χ1n) is 5.79. The third-order valence-corrected chi connectivity index (χ3v) is 2.82. The molecule has 2 rings (SSSR count). The Kier molecular flexibility index (Phi) is 3.70. The molecule has 6 nitrogen and oxygen atoms in total. The van der Waals surface area contributed by atoms with Crippen molar-refractivity contribution >= 4 is 11.7 Å². The van der Waals surface area contributed by atoms with Crippen LogP contribution in [0.3, 0.4) is 0 Å². The summed E-state index contributed by atoms with van der Waals surface area (Å²) in [6.45, 7) is 0.493. The fourth-order valence-electron chi connectivity index (χ4n) is 1.75. The molecular weight excluding hydrogens is 244 g/mol. The monoisotopic (exact) mass is 260 g/mol. The number of carbonyl (C=O) groups excluding carboxylic acids is 1. The second-order valence-electron chi connectivity index (χ2n) is 4.21. The molecule has 6 heteroatoms. The van der Waals surface area contributed by atoms with Crippen molar-refractivity contribution in [3.63, 3.8) is 0 Å². The van der Waals surface area contributed by atoms with Crippen molar-refractivity contribution in [2.24, 2.45) is 0 Å². The summed E-state index contributed by atoms with van der Waals surface area (Å²) in [6.07, 6.45) is 1.43. The number of aromatic amines is 1. The lowest BCUT2D eigenvalue weighted by molar-refractivity contribution is 0.0786. The van der Waals surface area contributed by atoms with Crippen LogP contribution in [0.25, 0.3) is 0 Å². The molecule has 0 aliphatic rings. The summed E-state index contributed by atoms with van der Waals surface area (Å²) in [6, 6.07) is 7.56. The molecular formula is C13H16N4O2. The summed E-state index contributed by atoms with van der Waals surface area (Å²) in [5.74, 6) is 0.908. The molecule has 0 atom stereocenters. The van der Waals surface area contributed by atoms with Crippen LogP contribution in [-0.2, 0) is 6.54 Å². The van der Waals surface area contributed by atoms with Crippen LogP contribution in [0.4, 0.5) is 5.82 Å². The van der Waals surface area contributed by atoms with Gasteiger partial charge in [0, 0.05) is 13.6 Å². The maximum Gasteiger partial charge on any atom is 0.259 e. The summed E-state index contributed by atoms with van der Waals surface area (Å²) in [5.41, 5.74) is 7.03. The fourth-order valence-corrected chi connectivity index (χ4v) is 1.75. The quantitative estimate of drug-likeness (QED) is 0.867. The zero-order valence-electron chi connectivity index (χ0n) is 10.9. The molecule has 1 amide bonds. The minimum absolute atomic E-state index is 0.165. The van der Waals surface area contributed by atoms with E-state index >= 15 is 0 Å². The highest BCUT2D eigenvalue weighted by molar-refractivity contribution is 5.97. The normalized spacial score (nSPS) is 10.2. The average molecular weight is 260 g/mol. The Balaban J connectivity index is 2.06. The van der Waals surface area contributed by atoms with E-state index in [1.165, 1.54) is 6.20 Å². The number of H-pyrrole nitrogens is 1. The number of aromatic nitrogens is 2. The van der Waals surface area contributed by atoms with Crippen LogP contribution in [0.2, 0.25) is 0 Å². The van der Waals surface area contributed by atoms with Gasteiger partial charge in [0.05, 0.1) is 13.3 Å². The maximum absolute atomic E-state index is 12.1. The number of hydrogen-bond donors (Lipinski definition) is 2. The summed E-state index contributed by atoms with van der Waals surface area (Å²) in [5, 5.41) is 6.29. The third-order valence-electron chi connectivity index (χ3n) is 2.82. The summed E-state index contributed by atoms with van der Waals surface area (Å²) in [4.78, 5) is 13.7. The number of methoxy groups -OCH3 is 1. The number of nitrogens with one attached hydrogen (secondary N) is 1. The number of amides is 1. The Hall–Kier alpha value is -2.50. The van der Waals surface area contributed by atoms with Crippen LogP contribution < -0.4 is 10.5 Å². The highest BCUT2D eigenvalue weighted by Crippen LogP contribution is 2.15. The minimum atomic E-state index is -0.165. The number of rotatable bonds is 4. The van der Waals surface area contributed by atoms with Gasteiger partial charge in [0.2, 0.25) is 0 Å². The van der Waals surface area contributed by atoms with E-state index in [1.54, 1.807) is 19.1 Å². The molecule has 1 heterocycles. The van der Waals surface area contributed by atoms with E-state index in [1.807, 2.05) is 24.3 Å². The van der Waals surface area contributed by atoms with Gasteiger partial charge in [-0.05, 0) is 17.7 Å². The van der Waals surface area contributed by atoms with Crippen LogP contribution >= 0.6 is 0 Å². The summed E-state index contributed by atoms with van der Waals surface area (Å²) in [7, 11) is 3.34. The molecule has 0 fully saturated rings. The molecule has 0 spiro atoms. The number of nitrogens with two attached hydrogens (primary N) is 1. The fraction of sp³-hybridized carbons (Fsp3) is 0.231. The van der Waals surface area contributed by atoms with Gasteiger partial charge in [0.25, 0.3) is 5.91 Å². The molecule has 19 heavy (non-hydrogen) atoms. The number of anilines is 1. The third kappa shape index (κ3) is 2.85. The van der Waals surface area contributed by atoms with Crippen LogP contribution in [0.5, 0.6) is 5.75 Å². The number of ether oxygens (including phenoxy) is 1. The van der Waals surface area contributed by atoms with Crippen molar-refractivity contribution in [3.05, 3.63) is 41.6 Å². The highest BCUT2D eigenvalue weighted by Gasteiger charge is 2.16. The first-order chi connectivity index (χ1) is 9.11. The second-order valence-corrected chi connectivity index (χ2v) is 4.21. The van der Waals surface area contributed by atoms with Gasteiger partial charge in [-0.15, -0.1) is 0 Å². The van der Waals surface area contributed by atoms with Gasteiger partial charge < -0.3 is 15.4 Å². The van der Waals surface area contributed by atoms with Gasteiger partial charge in [0.15, 0.2) is 0 Å². The van der Waals surface area contributed by atoms with E-state index < -0.39 is 0 Å². The highest BCUT2D eigenvalue weighted by atomic mass is 16.5.